The Morgan fingerprint density at radius 3 is 2.75 bits per heavy atom. The maximum absolute atomic E-state index is 13.0. The third-order valence-corrected chi connectivity index (χ3v) is 4.61. The van der Waals surface area contributed by atoms with Crippen molar-refractivity contribution >= 4 is 5.91 Å². The van der Waals surface area contributed by atoms with Crippen molar-refractivity contribution in [3.05, 3.63) is 53.6 Å². The number of nitrogens with zero attached hydrogens (tertiary/aromatic N) is 7. The van der Waals surface area contributed by atoms with E-state index < -0.39 is 0 Å². The van der Waals surface area contributed by atoms with Gasteiger partial charge in [-0.1, -0.05) is 6.07 Å². The molecule has 1 saturated heterocycles. The summed E-state index contributed by atoms with van der Waals surface area (Å²) in [4.78, 5) is 23.5. The van der Waals surface area contributed by atoms with Gasteiger partial charge in [-0.3, -0.25) is 4.79 Å². The summed E-state index contributed by atoms with van der Waals surface area (Å²) in [6.45, 7) is 5.03. The lowest BCUT2D eigenvalue weighted by Gasteiger charge is -2.32. The van der Waals surface area contributed by atoms with E-state index in [1.807, 2.05) is 36.9 Å². The molecule has 0 N–H and O–H groups in total. The SMILES string of the molecule is Cc1cc(C)nc(OC2CCCN(C(=O)c3cccc(-n4cnnn4)c3)C2)n1. The molecule has 9 nitrogen and oxygen atoms in total. The minimum Gasteiger partial charge on any atom is -0.458 e. The molecule has 1 aromatic carbocycles. The highest BCUT2D eigenvalue weighted by Crippen LogP contribution is 2.19. The first-order valence-corrected chi connectivity index (χ1v) is 9.20. The zero-order valence-corrected chi connectivity index (χ0v) is 15.8. The summed E-state index contributed by atoms with van der Waals surface area (Å²) in [6, 6.07) is 9.54. The summed E-state index contributed by atoms with van der Waals surface area (Å²) in [5.74, 6) is -0.0374. The first-order chi connectivity index (χ1) is 13.6. The van der Waals surface area contributed by atoms with Crippen LogP contribution < -0.4 is 4.74 Å². The van der Waals surface area contributed by atoms with E-state index in [0.29, 0.717) is 24.7 Å². The van der Waals surface area contributed by atoms with Crippen LogP contribution in [-0.4, -0.2) is 60.2 Å². The van der Waals surface area contributed by atoms with Gasteiger partial charge in [0.1, 0.15) is 12.4 Å². The van der Waals surface area contributed by atoms with Crippen molar-refractivity contribution in [3.8, 4) is 11.7 Å². The molecule has 1 fully saturated rings. The molecule has 0 bridgehead atoms. The maximum Gasteiger partial charge on any atom is 0.317 e. The van der Waals surface area contributed by atoms with Crippen LogP contribution in [0.1, 0.15) is 34.6 Å². The summed E-state index contributed by atoms with van der Waals surface area (Å²) < 4.78 is 7.49. The lowest BCUT2D eigenvalue weighted by molar-refractivity contribution is 0.0515. The van der Waals surface area contributed by atoms with Crippen molar-refractivity contribution in [1.29, 1.82) is 0 Å². The fourth-order valence-electron chi connectivity index (χ4n) is 3.36. The molecule has 0 spiro atoms. The van der Waals surface area contributed by atoms with Gasteiger partial charge in [0, 0.05) is 23.5 Å². The molecule has 1 aliphatic heterocycles. The monoisotopic (exact) mass is 379 g/mol. The van der Waals surface area contributed by atoms with Crippen LogP contribution in [0.15, 0.2) is 36.7 Å². The van der Waals surface area contributed by atoms with Crippen LogP contribution in [-0.2, 0) is 0 Å². The second kappa shape index (κ2) is 7.71. The van der Waals surface area contributed by atoms with Gasteiger partial charge >= 0.3 is 6.01 Å². The zero-order valence-electron chi connectivity index (χ0n) is 15.8. The average molecular weight is 379 g/mol. The maximum atomic E-state index is 13.0. The quantitative estimate of drug-likeness (QED) is 0.681. The van der Waals surface area contributed by atoms with Crippen LogP contribution in [0.3, 0.4) is 0 Å². The molecule has 0 saturated carbocycles. The van der Waals surface area contributed by atoms with Crippen LogP contribution in [0.25, 0.3) is 5.69 Å². The first kappa shape index (κ1) is 18.0. The second-order valence-electron chi connectivity index (χ2n) is 6.87. The number of likely N-dealkylation sites (tertiary alicyclic amines) is 1. The molecule has 3 aromatic rings. The summed E-state index contributed by atoms with van der Waals surface area (Å²) in [7, 11) is 0. The predicted octanol–water partition coefficient (Wildman–Crippen LogP) is 1.75. The second-order valence-corrected chi connectivity index (χ2v) is 6.87. The number of piperidine rings is 1. The lowest BCUT2D eigenvalue weighted by atomic mass is 10.1. The normalized spacial score (nSPS) is 16.8. The van der Waals surface area contributed by atoms with E-state index >= 15 is 0 Å². The first-order valence-electron chi connectivity index (χ1n) is 9.20. The minimum absolute atomic E-state index is 0.0374. The van der Waals surface area contributed by atoms with E-state index in [1.165, 1.54) is 11.0 Å². The fourth-order valence-corrected chi connectivity index (χ4v) is 3.36. The molecule has 1 unspecified atom stereocenters. The van der Waals surface area contributed by atoms with Crippen LogP contribution >= 0.6 is 0 Å². The van der Waals surface area contributed by atoms with Crippen molar-refractivity contribution in [2.45, 2.75) is 32.8 Å². The Morgan fingerprint density at radius 2 is 2.00 bits per heavy atom. The number of hydrogen-bond acceptors (Lipinski definition) is 7. The molecular formula is C19H21N7O2. The van der Waals surface area contributed by atoms with Gasteiger partial charge in [-0.2, -0.15) is 0 Å². The highest BCUT2D eigenvalue weighted by molar-refractivity contribution is 5.94. The van der Waals surface area contributed by atoms with Crippen molar-refractivity contribution < 1.29 is 9.53 Å². The molecule has 28 heavy (non-hydrogen) atoms. The predicted molar refractivity (Wildman–Crippen MR) is 100 cm³/mol. The molecule has 0 radical (unpaired) electrons. The zero-order chi connectivity index (χ0) is 19.5. The van der Waals surface area contributed by atoms with Crippen LogP contribution in [0.5, 0.6) is 6.01 Å². The lowest BCUT2D eigenvalue weighted by Crippen LogP contribution is -2.44. The van der Waals surface area contributed by atoms with Gasteiger partial charge in [0.2, 0.25) is 0 Å². The molecule has 1 amide bonds. The van der Waals surface area contributed by atoms with E-state index in [4.69, 9.17) is 4.74 Å². The van der Waals surface area contributed by atoms with Crippen molar-refractivity contribution in [3.63, 3.8) is 0 Å². The number of benzene rings is 1. The van der Waals surface area contributed by atoms with E-state index in [1.54, 1.807) is 12.1 Å². The topological polar surface area (TPSA) is 98.9 Å². The molecule has 4 rings (SSSR count). The molecule has 3 heterocycles. The number of rotatable bonds is 4. The molecular weight excluding hydrogens is 358 g/mol. The number of carbonyl (C=O) groups excluding carboxylic acids is 1. The summed E-state index contributed by atoms with van der Waals surface area (Å²) in [6.07, 6.45) is 3.11. The highest BCUT2D eigenvalue weighted by Gasteiger charge is 2.26. The molecule has 144 valence electrons. The molecule has 2 aromatic heterocycles. The summed E-state index contributed by atoms with van der Waals surface area (Å²) >= 11 is 0. The number of aromatic nitrogens is 6. The third-order valence-electron chi connectivity index (χ3n) is 4.61. The van der Waals surface area contributed by atoms with E-state index in [2.05, 4.69) is 25.5 Å². The Morgan fingerprint density at radius 1 is 1.18 bits per heavy atom. The number of ether oxygens (including phenoxy) is 1. The molecule has 1 aliphatic rings. The standard InChI is InChI=1S/C19H21N7O2/c1-13-9-14(2)22-19(21-13)28-17-7-4-8-25(11-17)18(27)15-5-3-6-16(10-15)26-12-20-23-24-26/h3,5-6,9-10,12,17H,4,7-8,11H2,1-2H3. The van der Waals surface area contributed by atoms with Gasteiger partial charge in [0.15, 0.2) is 0 Å². The van der Waals surface area contributed by atoms with E-state index in [0.717, 1.165) is 29.9 Å². The van der Waals surface area contributed by atoms with Gasteiger partial charge < -0.3 is 9.64 Å². The molecule has 9 heteroatoms. The minimum atomic E-state index is -0.124. The number of carbonyl (C=O) groups is 1. The molecule has 0 aliphatic carbocycles. The highest BCUT2D eigenvalue weighted by atomic mass is 16.5. The van der Waals surface area contributed by atoms with Crippen molar-refractivity contribution in [2.24, 2.45) is 0 Å². The third kappa shape index (κ3) is 3.98. The smallest absolute Gasteiger partial charge is 0.317 e. The number of amides is 1. The fraction of sp³-hybridized carbons (Fsp3) is 0.368. The van der Waals surface area contributed by atoms with E-state index in [9.17, 15) is 4.79 Å². The van der Waals surface area contributed by atoms with E-state index in [-0.39, 0.29) is 12.0 Å². The summed E-state index contributed by atoms with van der Waals surface area (Å²) in [5, 5.41) is 11.1. The van der Waals surface area contributed by atoms with Gasteiger partial charge in [-0.05, 0) is 61.4 Å². The molecule has 1 atom stereocenters. The Bertz CT molecular complexity index is 954. The summed E-state index contributed by atoms with van der Waals surface area (Å²) in [5.41, 5.74) is 3.07. The largest absolute Gasteiger partial charge is 0.458 e. The van der Waals surface area contributed by atoms with Crippen LogP contribution in [0.4, 0.5) is 0 Å². The van der Waals surface area contributed by atoms with Gasteiger partial charge in [0.05, 0.1) is 12.2 Å². The van der Waals surface area contributed by atoms with Crippen LogP contribution in [0, 0.1) is 13.8 Å². The van der Waals surface area contributed by atoms with Gasteiger partial charge in [0.25, 0.3) is 5.91 Å². The number of hydrogen-bond donors (Lipinski definition) is 0. The van der Waals surface area contributed by atoms with Crippen molar-refractivity contribution in [1.82, 2.24) is 35.1 Å². The number of aryl methyl sites for hydroxylation is 2. The Hall–Kier alpha value is -3.36. The van der Waals surface area contributed by atoms with Crippen molar-refractivity contribution in [2.75, 3.05) is 13.1 Å². The average Bonchev–Trinajstić information content (AvgIpc) is 3.22. The number of tetrazole rings is 1. The van der Waals surface area contributed by atoms with Crippen LogP contribution in [0.2, 0.25) is 0 Å². The Kier molecular flexibility index (Phi) is 4.96. The Balaban J connectivity index is 1.47. The Labute approximate surface area is 162 Å². The van der Waals surface area contributed by atoms with Gasteiger partial charge in [-0.25, -0.2) is 14.6 Å². The van der Waals surface area contributed by atoms with Gasteiger partial charge in [-0.15, -0.1) is 5.10 Å².